The van der Waals surface area contributed by atoms with Crippen LogP contribution in [0.15, 0.2) is 48.5 Å². The first kappa shape index (κ1) is 17.7. The molecule has 0 radical (unpaired) electrons. The molecule has 2 N–H and O–H groups in total. The average molecular weight is 350 g/mol. The van der Waals surface area contributed by atoms with Crippen molar-refractivity contribution in [1.82, 2.24) is 4.98 Å². The van der Waals surface area contributed by atoms with E-state index in [1.165, 1.54) is 0 Å². The Morgan fingerprint density at radius 3 is 2.62 bits per heavy atom. The molecule has 2 aromatic carbocycles. The average Bonchev–Trinajstić information content (AvgIpc) is 3.05. The highest BCUT2D eigenvalue weighted by Crippen LogP contribution is 2.27. The third kappa shape index (κ3) is 3.77. The van der Waals surface area contributed by atoms with Crippen LogP contribution in [-0.2, 0) is 9.53 Å². The van der Waals surface area contributed by atoms with Gasteiger partial charge in [-0.15, -0.1) is 0 Å². The summed E-state index contributed by atoms with van der Waals surface area (Å²) in [5, 5.41) is 3.79. The number of rotatable bonds is 5. The molecule has 5 nitrogen and oxygen atoms in total. The van der Waals surface area contributed by atoms with E-state index in [-0.39, 0.29) is 18.4 Å². The van der Waals surface area contributed by atoms with E-state index < -0.39 is 5.97 Å². The van der Waals surface area contributed by atoms with Crippen molar-refractivity contribution in [3.63, 3.8) is 0 Å². The molecule has 0 fully saturated rings. The maximum atomic E-state index is 12.2. The molecule has 1 aromatic heterocycles. The third-order valence-electron chi connectivity index (χ3n) is 4.28. The van der Waals surface area contributed by atoms with Gasteiger partial charge in [0.1, 0.15) is 5.69 Å². The number of aromatic nitrogens is 1. The standard InChI is InChI=1S/C21H22N2O3/c1-13(2)16-9-6-7-14(3)20(16)23-19(24)12-26-21(25)18-11-15-8-4-5-10-17(15)22-18/h4-11,13,22H,12H2,1-3H3,(H,23,24). The number of fused-ring (bicyclic) bond motifs is 1. The molecule has 0 atom stereocenters. The fourth-order valence-corrected chi connectivity index (χ4v) is 2.91. The number of H-pyrrole nitrogens is 1. The van der Waals surface area contributed by atoms with E-state index in [9.17, 15) is 9.59 Å². The molecule has 3 aromatic rings. The van der Waals surface area contributed by atoms with Gasteiger partial charge in [0.05, 0.1) is 0 Å². The first-order valence-corrected chi connectivity index (χ1v) is 8.60. The fraction of sp³-hybridized carbons (Fsp3) is 0.238. The van der Waals surface area contributed by atoms with Crippen LogP contribution in [0.2, 0.25) is 0 Å². The lowest BCUT2D eigenvalue weighted by Gasteiger charge is -2.16. The Morgan fingerprint density at radius 1 is 1.12 bits per heavy atom. The number of benzene rings is 2. The number of aromatic amines is 1. The van der Waals surface area contributed by atoms with E-state index in [0.29, 0.717) is 5.69 Å². The Bertz CT molecular complexity index is 924. The molecule has 0 aliphatic carbocycles. The molecular formula is C21H22N2O3. The van der Waals surface area contributed by atoms with E-state index in [0.717, 1.165) is 27.7 Å². The van der Waals surface area contributed by atoms with Crippen LogP contribution in [0, 0.1) is 6.92 Å². The highest BCUT2D eigenvalue weighted by Gasteiger charge is 2.15. The number of hydrogen-bond acceptors (Lipinski definition) is 3. The lowest BCUT2D eigenvalue weighted by molar-refractivity contribution is -0.119. The molecule has 134 valence electrons. The zero-order valence-corrected chi connectivity index (χ0v) is 15.1. The summed E-state index contributed by atoms with van der Waals surface area (Å²) < 4.78 is 5.15. The zero-order chi connectivity index (χ0) is 18.7. The van der Waals surface area contributed by atoms with Crippen molar-refractivity contribution in [2.45, 2.75) is 26.7 Å². The Balaban J connectivity index is 1.65. The minimum absolute atomic E-state index is 0.277. The minimum atomic E-state index is -0.551. The molecule has 0 saturated carbocycles. The summed E-state index contributed by atoms with van der Waals surface area (Å²) >= 11 is 0. The zero-order valence-electron chi connectivity index (χ0n) is 15.1. The molecule has 0 bridgehead atoms. The van der Waals surface area contributed by atoms with Crippen molar-refractivity contribution < 1.29 is 14.3 Å². The van der Waals surface area contributed by atoms with Crippen molar-refractivity contribution in [3.05, 3.63) is 65.4 Å². The lowest BCUT2D eigenvalue weighted by atomic mass is 9.98. The molecule has 1 heterocycles. The SMILES string of the molecule is Cc1cccc(C(C)C)c1NC(=O)COC(=O)c1cc2ccccc2[nH]1. The largest absolute Gasteiger partial charge is 0.451 e. The highest BCUT2D eigenvalue weighted by molar-refractivity contribution is 5.98. The number of aryl methyl sites for hydroxylation is 1. The van der Waals surface area contributed by atoms with Crippen LogP contribution in [0.5, 0.6) is 0 Å². The second-order valence-electron chi connectivity index (χ2n) is 6.59. The predicted octanol–water partition coefficient (Wildman–Crippen LogP) is 4.40. The molecule has 5 heteroatoms. The molecule has 0 unspecified atom stereocenters. The van der Waals surface area contributed by atoms with Gasteiger partial charge in [0.25, 0.3) is 5.91 Å². The summed E-state index contributed by atoms with van der Waals surface area (Å²) in [5.74, 6) is -0.630. The summed E-state index contributed by atoms with van der Waals surface area (Å²) in [5.41, 5.74) is 4.00. The number of ether oxygens (including phenoxy) is 1. The van der Waals surface area contributed by atoms with Crippen molar-refractivity contribution in [1.29, 1.82) is 0 Å². The normalized spacial score (nSPS) is 10.9. The predicted molar refractivity (Wildman–Crippen MR) is 102 cm³/mol. The van der Waals surface area contributed by atoms with Crippen LogP contribution in [0.4, 0.5) is 5.69 Å². The monoisotopic (exact) mass is 350 g/mol. The topological polar surface area (TPSA) is 71.2 Å². The van der Waals surface area contributed by atoms with Gasteiger partial charge in [-0.1, -0.05) is 50.2 Å². The third-order valence-corrected chi connectivity index (χ3v) is 4.28. The van der Waals surface area contributed by atoms with Crippen LogP contribution in [-0.4, -0.2) is 23.5 Å². The van der Waals surface area contributed by atoms with Gasteiger partial charge in [-0.3, -0.25) is 4.79 Å². The number of amides is 1. The van der Waals surface area contributed by atoms with Gasteiger partial charge in [-0.2, -0.15) is 0 Å². The molecule has 26 heavy (non-hydrogen) atoms. The number of anilines is 1. The maximum absolute atomic E-state index is 12.2. The molecule has 0 spiro atoms. The van der Waals surface area contributed by atoms with Gasteiger partial charge in [0.2, 0.25) is 0 Å². The Morgan fingerprint density at radius 2 is 1.88 bits per heavy atom. The molecule has 3 rings (SSSR count). The first-order valence-electron chi connectivity index (χ1n) is 8.60. The number of esters is 1. The maximum Gasteiger partial charge on any atom is 0.355 e. The van der Waals surface area contributed by atoms with E-state index in [1.54, 1.807) is 6.07 Å². The van der Waals surface area contributed by atoms with Gasteiger partial charge in [0, 0.05) is 16.6 Å². The minimum Gasteiger partial charge on any atom is -0.451 e. The second kappa shape index (κ2) is 7.44. The molecule has 0 aliphatic heterocycles. The van der Waals surface area contributed by atoms with Gasteiger partial charge in [-0.25, -0.2) is 4.79 Å². The van der Waals surface area contributed by atoms with E-state index in [1.807, 2.05) is 49.4 Å². The molecule has 0 saturated heterocycles. The van der Waals surface area contributed by atoms with E-state index >= 15 is 0 Å². The van der Waals surface area contributed by atoms with Gasteiger partial charge in [0.15, 0.2) is 6.61 Å². The van der Waals surface area contributed by atoms with Crippen molar-refractivity contribution in [2.75, 3.05) is 11.9 Å². The van der Waals surface area contributed by atoms with Crippen LogP contribution in [0.1, 0.15) is 41.4 Å². The molecule has 0 aliphatic rings. The van der Waals surface area contributed by atoms with Crippen LogP contribution in [0.3, 0.4) is 0 Å². The van der Waals surface area contributed by atoms with Crippen LogP contribution >= 0.6 is 0 Å². The molecule has 1 amide bonds. The summed E-state index contributed by atoms with van der Waals surface area (Å²) in [6, 6.07) is 15.2. The van der Waals surface area contributed by atoms with Gasteiger partial charge < -0.3 is 15.0 Å². The summed E-state index contributed by atoms with van der Waals surface area (Å²) in [6.07, 6.45) is 0. The molecular weight excluding hydrogens is 328 g/mol. The Labute approximate surface area is 152 Å². The van der Waals surface area contributed by atoms with Crippen molar-refractivity contribution in [2.24, 2.45) is 0 Å². The van der Waals surface area contributed by atoms with Gasteiger partial charge >= 0.3 is 5.97 Å². The highest BCUT2D eigenvalue weighted by atomic mass is 16.5. The number of carbonyl (C=O) groups is 2. The van der Waals surface area contributed by atoms with Crippen molar-refractivity contribution >= 4 is 28.5 Å². The second-order valence-corrected chi connectivity index (χ2v) is 6.59. The quantitative estimate of drug-likeness (QED) is 0.670. The van der Waals surface area contributed by atoms with E-state index in [2.05, 4.69) is 24.1 Å². The lowest BCUT2D eigenvalue weighted by Crippen LogP contribution is -2.22. The first-order chi connectivity index (χ1) is 12.5. The number of nitrogens with one attached hydrogen (secondary N) is 2. The van der Waals surface area contributed by atoms with Crippen LogP contribution < -0.4 is 5.32 Å². The summed E-state index contributed by atoms with van der Waals surface area (Å²) in [7, 11) is 0. The Hall–Kier alpha value is -3.08. The van der Waals surface area contributed by atoms with Gasteiger partial charge in [-0.05, 0) is 36.1 Å². The fourth-order valence-electron chi connectivity index (χ4n) is 2.91. The number of para-hydroxylation sites is 2. The number of carbonyl (C=O) groups excluding carboxylic acids is 2. The summed E-state index contributed by atoms with van der Waals surface area (Å²) in [4.78, 5) is 27.4. The smallest absolute Gasteiger partial charge is 0.355 e. The van der Waals surface area contributed by atoms with Crippen molar-refractivity contribution in [3.8, 4) is 0 Å². The summed E-state index contributed by atoms with van der Waals surface area (Å²) in [6.45, 7) is 5.75. The number of hydrogen-bond donors (Lipinski definition) is 2. The Kier molecular flexibility index (Phi) is 5.07. The van der Waals surface area contributed by atoms with Crippen LogP contribution in [0.25, 0.3) is 10.9 Å². The van der Waals surface area contributed by atoms with E-state index in [4.69, 9.17) is 4.74 Å².